The smallest absolute Gasteiger partial charge is 0.310 e. The van der Waals surface area contributed by atoms with E-state index in [1.165, 1.54) is 0 Å². The highest BCUT2D eigenvalue weighted by molar-refractivity contribution is 6.30. The first-order valence-electron chi connectivity index (χ1n) is 10.5. The predicted octanol–water partition coefficient (Wildman–Crippen LogP) is 4.13. The van der Waals surface area contributed by atoms with Crippen LogP contribution in [0.5, 0.6) is 5.75 Å². The molecule has 1 atom stereocenters. The molecule has 0 spiro atoms. The molecule has 0 bridgehead atoms. The van der Waals surface area contributed by atoms with Crippen molar-refractivity contribution in [3.63, 3.8) is 0 Å². The second-order valence-corrected chi connectivity index (χ2v) is 8.11. The number of carbonyl (C=O) groups is 3. The third-order valence-corrected chi connectivity index (χ3v) is 5.63. The first-order chi connectivity index (χ1) is 15.4. The lowest BCUT2D eigenvalue weighted by atomic mass is 9.97. The number of piperidine rings is 1. The van der Waals surface area contributed by atoms with Gasteiger partial charge in [0.2, 0.25) is 0 Å². The summed E-state index contributed by atoms with van der Waals surface area (Å²) in [6.45, 7) is 2.98. The van der Waals surface area contributed by atoms with E-state index in [-0.39, 0.29) is 23.6 Å². The Bertz CT molecular complexity index is 1100. The molecule has 2 aromatic carbocycles. The summed E-state index contributed by atoms with van der Waals surface area (Å²) < 4.78 is 10.9. The van der Waals surface area contributed by atoms with Gasteiger partial charge in [0.15, 0.2) is 11.5 Å². The maximum absolute atomic E-state index is 13.0. The van der Waals surface area contributed by atoms with Gasteiger partial charge in [-0.15, -0.1) is 0 Å². The number of halogens is 1. The number of hydrogen-bond acceptors (Lipinski definition) is 5. The zero-order chi connectivity index (χ0) is 22.7. The Balaban J connectivity index is 1.50. The number of benzene rings is 2. The number of rotatable bonds is 4. The Kier molecular flexibility index (Phi) is 6.46. The van der Waals surface area contributed by atoms with E-state index in [1.807, 2.05) is 6.07 Å². The number of anilines is 1. The largest absolute Gasteiger partial charge is 0.466 e. The van der Waals surface area contributed by atoms with Gasteiger partial charge in [-0.25, -0.2) is 0 Å². The number of ether oxygens (including phenoxy) is 2. The van der Waals surface area contributed by atoms with Gasteiger partial charge >= 0.3 is 5.97 Å². The molecule has 32 heavy (non-hydrogen) atoms. The van der Waals surface area contributed by atoms with Gasteiger partial charge in [0.05, 0.1) is 18.2 Å². The lowest BCUT2D eigenvalue weighted by molar-refractivity contribution is -0.149. The summed E-state index contributed by atoms with van der Waals surface area (Å²) in [5.41, 5.74) is 1.57. The molecule has 8 heteroatoms. The minimum atomic E-state index is -0.414. The fourth-order valence-electron chi connectivity index (χ4n) is 3.84. The second kappa shape index (κ2) is 9.44. The Morgan fingerprint density at radius 1 is 1.28 bits per heavy atom. The molecule has 0 aromatic heterocycles. The molecule has 1 saturated heterocycles. The monoisotopic (exact) mass is 454 g/mol. The van der Waals surface area contributed by atoms with Crippen molar-refractivity contribution in [1.29, 1.82) is 0 Å². The van der Waals surface area contributed by atoms with E-state index in [4.69, 9.17) is 21.1 Å². The number of likely N-dealkylation sites (tertiary alicyclic amines) is 1. The van der Waals surface area contributed by atoms with Gasteiger partial charge in [-0.1, -0.05) is 23.7 Å². The lowest BCUT2D eigenvalue weighted by Gasteiger charge is -2.32. The van der Waals surface area contributed by atoms with Crippen molar-refractivity contribution in [1.82, 2.24) is 4.90 Å². The summed E-state index contributed by atoms with van der Waals surface area (Å²) in [6, 6.07) is 12.0. The molecular formula is C24H23ClN2O5. The van der Waals surface area contributed by atoms with Crippen LogP contribution in [0.25, 0.3) is 6.08 Å². The van der Waals surface area contributed by atoms with Crippen LogP contribution in [-0.4, -0.2) is 42.4 Å². The average molecular weight is 455 g/mol. The van der Waals surface area contributed by atoms with Gasteiger partial charge < -0.3 is 19.7 Å². The Morgan fingerprint density at radius 2 is 2.12 bits per heavy atom. The Morgan fingerprint density at radius 3 is 2.91 bits per heavy atom. The van der Waals surface area contributed by atoms with Gasteiger partial charge in [-0.05, 0) is 61.7 Å². The van der Waals surface area contributed by atoms with Crippen LogP contribution in [0, 0.1) is 5.92 Å². The SMILES string of the molecule is CCOC(=O)[C@@H]1CCCN(C(=O)c2ccc3c(c2)NC(=O)/C(=C/c2cccc(Cl)c2)O3)C1. The van der Waals surface area contributed by atoms with Gasteiger partial charge in [-0.3, -0.25) is 14.4 Å². The third kappa shape index (κ3) is 4.78. The van der Waals surface area contributed by atoms with Crippen molar-refractivity contribution in [2.24, 2.45) is 5.92 Å². The molecule has 2 amide bonds. The number of fused-ring (bicyclic) bond motifs is 1. The van der Waals surface area contributed by atoms with Crippen molar-refractivity contribution in [2.45, 2.75) is 19.8 Å². The Labute approximate surface area is 190 Å². The van der Waals surface area contributed by atoms with Crippen molar-refractivity contribution in [2.75, 3.05) is 25.0 Å². The first-order valence-corrected chi connectivity index (χ1v) is 10.9. The molecule has 166 valence electrons. The maximum Gasteiger partial charge on any atom is 0.310 e. The van der Waals surface area contributed by atoms with E-state index in [1.54, 1.807) is 54.3 Å². The minimum Gasteiger partial charge on any atom is -0.466 e. The van der Waals surface area contributed by atoms with E-state index in [0.29, 0.717) is 48.1 Å². The van der Waals surface area contributed by atoms with Gasteiger partial charge in [0, 0.05) is 23.7 Å². The number of hydrogen-bond donors (Lipinski definition) is 1. The van der Waals surface area contributed by atoms with Crippen LogP contribution >= 0.6 is 11.6 Å². The van der Waals surface area contributed by atoms with E-state index in [9.17, 15) is 14.4 Å². The molecule has 0 aliphatic carbocycles. The molecule has 0 unspecified atom stereocenters. The molecule has 2 aliphatic heterocycles. The van der Waals surface area contributed by atoms with Crippen LogP contribution < -0.4 is 10.1 Å². The number of amides is 2. The van der Waals surface area contributed by atoms with E-state index in [2.05, 4.69) is 5.32 Å². The van der Waals surface area contributed by atoms with Gasteiger partial charge in [-0.2, -0.15) is 0 Å². The van der Waals surface area contributed by atoms with Crippen molar-refractivity contribution < 1.29 is 23.9 Å². The van der Waals surface area contributed by atoms with Crippen LogP contribution in [0.15, 0.2) is 48.2 Å². The topological polar surface area (TPSA) is 84.9 Å². The van der Waals surface area contributed by atoms with Crippen molar-refractivity contribution in [3.05, 3.63) is 64.4 Å². The van der Waals surface area contributed by atoms with Crippen LogP contribution in [0.3, 0.4) is 0 Å². The van der Waals surface area contributed by atoms with E-state index < -0.39 is 5.91 Å². The van der Waals surface area contributed by atoms with Crippen molar-refractivity contribution in [3.8, 4) is 5.75 Å². The molecule has 4 rings (SSSR count). The summed E-state index contributed by atoms with van der Waals surface area (Å²) in [7, 11) is 0. The average Bonchev–Trinajstić information content (AvgIpc) is 2.79. The van der Waals surface area contributed by atoms with Crippen LogP contribution in [0.2, 0.25) is 5.02 Å². The molecule has 7 nitrogen and oxygen atoms in total. The summed E-state index contributed by atoms with van der Waals surface area (Å²) in [5, 5.41) is 3.33. The molecule has 2 aromatic rings. The van der Waals surface area contributed by atoms with E-state index >= 15 is 0 Å². The van der Waals surface area contributed by atoms with Crippen LogP contribution in [0.1, 0.15) is 35.7 Å². The standard InChI is InChI=1S/C24H23ClN2O5/c1-2-31-24(30)17-6-4-10-27(14-17)23(29)16-8-9-20-19(13-16)26-22(28)21(32-20)12-15-5-3-7-18(25)11-15/h3,5,7-9,11-13,17H,2,4,6,10,14H2,1H3,(H,26,28)/b21-12-/t17-/m1/s1. The fourth-order valence-corrected chi connectivity index (χ4v) is 4.04. The first kappa shape index (κ1) is 21.9. The summed E-state index contributed by atoms with van der Waals surface area (Å²) in [4.78, 5) is 39.3. The molecule has 0 saturated carbocycles. The molecule has 0 radical (unpaired) electrons. The number of esters is 1. The Hall–Kier alpha value is -3.32. The van der Waals surface area contributed by atoms with E-state index in [0.717, 1.165) is 12.0 Å². The molecule has 1 N–H and O–H groups in total. The molecule has 2 aliphatic rings. The van der Waals surface area contributed by atoms with Crippen molar-refractivity contribution >= 4 is 41.1 Å². The molecule has 1 fully saturated rings. The van der Waals surface area contributed by atoms with Gasteiger partial charge in [0.1, 0.15) is 0 Å². The zero-order valence-corrected chi connectivity index (χ0v) is 18.4. The predicted molar refractivity (Wildman–Crippen MR) is 120 cm³/mol. The summed E-state index contributed by atoms with van der Waals surface area (Å²) in [6.07, 6.45) is 3.04. The lowest BCUT2D eigenvalue weighted by Crippen LogP contribution is -2.42. The highest BCUT2D eigenvalue weighted by atomic mass is 35.5. The number of nitrogens with one attached hydrogen (secondary N) is 1. The third-order valence-electron chi connectivity index (χ3n) is 5.39. The maximum atomic E-state index is 13.0. The van der Waals surface area contributed by atoms with Crippen LogP contribution in [0.4, 0.5) is 5.69 Å². The number of carbonyl (C=O) groups excluding carboxylic acids is 3. The van der Waals surface area contributed by atoms with Gasteiger partial charge in [0.25, 0.3) is 11.8 Å². The summed E-state index contributed by atoms with van der Waals surface area (Å²) in [5.74, 6) is -0.619. The highest BCUT2D eigenvalue weighted by Gasteiger charge is 2.31. The van der Waals surface area contributed by atoms with Crippen LogP contribution in [-0.2, 0) is 14.3 Å². The number of nitrogens with zero attached hydrogens (tertiary/aromatic N) is 1. The highest BCUT2D eigenvalue weighted by Crippen LogP contribution is 2.33. The normalized spacial score (nSPS) is 19.1. The summed E-state index contributed by atoms with van der Waals surface area (Å²) >= 11 is 6.00. The quantitative estimate of drug-likeness (QED) is 0.554. The molecular weight excluding hydrogens is 432 g/mol. The minimum absolute atomic E-state index is 0.132. The molecule has 2 heterocycles. The zero-order valence-electron chi connectivity index (χ0n) is 17.6. The fraction of sp³-hybridized carbons (Fsp3) is 0.292. The second-order valence-electron chi connectivity index (χ2n) is 7.67.